The number of benzene rings is 1. The SMILES string of the molecule is O=C(c1c(F)cccc1Br)N1C[C@@H](O)[C@@H](O)C1. The van der Waals surface area contributed by atoms with Crippen LogP contribution >= 0.6 is 15.9 Å². The smallest absolute Gasteiger partial charge is 0.258 e. The lowest BCUT2D eigenvalue weighted by Gasteiger charge is -2.16. The van der Waals surface area contributed by atoms with Gasteiger partial charge in [0.25, 0.3) is 5.91 Å². The lowest BCUT2D eigenvalue weighted by Crippen LogP contribution is -2.30. The summed E-state index contributed by atoms with van der Waals surface area (Å²) in [5.74, 6) is -1.16. The molecule has 0 saturated carbocycles. The molecule has 2 N–H and O–H groups in total. The van der Waals surface area contributed by atoms with Crippen molar-refractivity contribution >= 4 is 21.8 Å². The maximum absolute atomic E-state index is 13.5. The Kier molecular flexibility index (Phi) is 3.46. The quantitative estimate of drug-likeness (QED) is 0.805. The molecule has 2 rings (SSSR count). The number of amides is 1. The zero-order valence-corrected chi connectivity index (χ0v) is 10.4. The van der Waals surface area contributed by atoms with Crippen LogP contribution in [0.25, 0.3) is 0 Å². The molecular weight excluding hydrogens is 293 g/mol. The predicted molar refractivity (Wildman–Crippen MR) is 62.0 cm³/mol. The molecule has 0 spiro atoms. The second kappa shape index (κ2) is 4.72. The fraction of sp³-hybridized carbons (Fsp3) is 0.364. The van der Waals surface area contributed by atoms with Crippen molar-refractivity contribution in [1.82, 2.24) is 4.90 Å². The van der Waals surface area contributed by atoms with Crippen molar-refractivity contribution in [3.63, 3.8) is 0 Å². The van der Waals surface area contributed by atoms with Gasteiger partial charge in [-0.3, -0.25) is 4.79 Å². The van der Waals surface area contributed by atoms with Crippen molar-refractivity contribution in [3.8, 4) is 0 Å². The second-order valence-electron chi connectivity index (χ2n) is 3.94. The highest BCUT2D eigenvalue weighted by Gasteiger charge is 2.34. The van der Waals surface area contributed by atoms with E-state index >= 15 is 0 Å². The summed E-state index contributed by atoms with van der Waals surface area (Å²) in [6.07, 6.45) is -1.94. The third-order valence-corrected chi connectivity index (χ3v) is 3.38. The summed E-state index contributed by atoms with van der Waals surface area (Å²) in [4.78, 5) is 13.2. The molecule has 0 aromatic heterocycles. The number of carbonyl (C=O) groups is 1. The standard InChI is InChI=1S/C11H11BrFNO3/c12-6-2-1-3-7(13)10(6)11(17)14-4-8(15)9(16)5-14/h1-3,8-9,15-16H,4-5H2/t8-,9+. The zero-order valence-electron chi connectivity index (χ0n) is 8.81. The van der Waals surface area contributed by atoms with Crippen molar-refractivity contribution in [2.24, 2.45) is 0 Å². The summed E-state index contributed by atoms with van der Waals surface area (Å²) < 4.78 is 13.9. The van der Waals surface area contributed by atoms with Crippen LogP contribution in [-0.2, 0) is 0 Å². The molecule has 2 atom stereocenters. The molecule has 1 aliphatic heterocycles. The highest BCUT2D eigenvalue weighted by molar-refractivity contribution is 9.10. The number of β-amino-alcohol motifs (C(OH)–C–C–N with tert-alkyl or cyclic N) is 2. The monoisotopic (exact) mass is 303 g/mol. The molecule has 0 unspecified atom stereocenters. The van der Waals surface area contributed by atoms with Gasteiger partial charge in [-0.15, -0.1) is 0 Å². The molecular formula is C11H11BrFNO3. The second-order valence-corrected chi connectivity index (χ2v) is 4.80. The summed E-state index contributed by atoms with van der Waals surface area (Å²) in [6.45, 7) is 0.0293. The van der Waals surface area contributed by atoms with Crippen LogP contribution in [0.1, 0.15) is 10.4 Å². The van der Waals surface area contributed by atoms with Crippen LogP contribution in [0.2, 0.25) is 0 Å². The van der Waals surface area contributed by atoms with Crippen LogP contribution in [-0.4, -0.2) is 46.3 Å². The van der Waals surface area contributed by atoms with E-state index in [1.165, 1.54) is 17.0 Å². The van der Waals surface area contributed by atoms with E-state index in [1.807, 2.05) is 0 Å². The molecule has 1 aromatic rings. The molecule has 0 radical (unpaired) electrons. The van der Waals surface area contributed by atoms with Crippen molar-refractivity contribution in [1.29, 1.82) is 0 Å². The van der Waals surface area contributed by atoms with Crippen molar-refractivity contribution in [2.75, 3.05) is 13.1 Å². The van der Waals surface area contributed by atoms with E-state index in [4.69, 9.17) is 0 Å². The van der Waals surface area contributed by atoms with Crippen LogP contribution in [0.5, 0.6) is 0 Å². The van der Waals surface area contributed by atoms with Crippen LogP contribution in [0.3, 0.4) is 0 Å². The van der Waals surface area contributed by atoms with Crippen molar-refractivity contribution < 1.29 is 19.4 Å². The van der Waals surface area contributed by atoms with Gasteiger partial charge in [0.1, 0.15) is 5.82 Å². The summed E-state index contributed by atoms with van der Waals surface area (Å²) in [5.41, 5.74) is -0.0752. The maximum atomic E-state index is 13.5. The van der Waals surface area contributed by atoms with Crippen LogP contribution in [0.4, 0.5) is 4.39 Å². The fourth-order valence-electron chi connectivity index (χ4n) is 1.80. The minimum absolute atomic E-state index is 0.0147. The average molecular weight is 304 g/mol. The molecule has 17 heavy (non-hydrogen) atoms. The first-order valence-corrected chi connectivity index (χ1v) is 5.89. The van der Waals surface area contributed by atoms with E-state index < -0.39 is 23.9 Å². The molecule has 0 bridgehead atoms. The van der Waals surface area contributed by atoms with E-state index in [-0.39, 0.29) is 18.7 Å². The Morgan fingerprint density at radius 1 is 1.35 bits per heavy atom. The Labute approximate surface area is 106 Å². The molecule has 92 valence electrons. The van der Waals surface area contributed by atoms with Gasteiger partial charge in [-0.05, 0) is 28.1 Å². The van der Waals surface area contributed by atoms with Crippen LogP contribution < -0.4 is 0 Å². The molecule has 4 nitrogen and oxygen atoms in total. The number of nitrogens with zero attached hydrogens (tertiary/aromatic N) is 1. The molecule has 6 heteroatoms. The van der Waals surface area contributed by atoms with Crippen molar-refractivity contribution in [2.45, 2.75) is 12.2 Å². The number of aliphatic hydroxyl groups is 2. The summed E-state index contributed by atoms with van der Waals surface area (Å²) in [6, 6.07) is 4.25. The highest BCUT2D eigenvalue weighted by atomic mass is 79.9. The predicted octanol–water partition coefficient (Wildman–Crippen LogP) is 0.766. The molecule has 1 heterocycles. The van der Waals surface area contributed by atoms with Gasteiger partial charge in [-0.1, -0.05) is 6.07 Å². The van der Waals surface area contributed by atoms with Gasteiger partial charge in [0.05, 0.1) is 17.8 Å². The fourth-order valence-corrected chi connectivity index (χ4v) is 2.31. The topological polar surface area (TPSA) is 60.8 Å². The van der Waals surface area contributed by atoms with Gasteiger partial charge >= 0.3 is 0 Å². The van der Waals surface area contributed by atoms with E-state index in [9.17, 15) is 19.4 Å². The molecule has 1 fully saturated rings. The van der Waals surface area contributed by atoms with Crippen LogP contribution in [0.15, 0.2) is 22.7 Å². The van der Waals surface area contributed by atoms with Crippen molar-refractivity contribution in [3.05, 3.63) is 34.1 Å². The van der Waals surface area contributed by atoms with E-state index in [2.05, 4.69) is 15.9 Å². The third kappa shape index (κ3) is 2.34. The Morgan fingerprint density at radius 3 is 2.47 bits per heavy atom. The van der Waals surface area contributed by atoms with Gasteiger partial charge in [-0.25, -0.2) is 4.39 Å². The first-order chi connectivity index (χ1) is 8.00. The minimum atomic E-state index is -0.968. The Balaban J connectivity index is 2.27. The maximum Gasteiger partial charge on any atom is 0.258 e. The summed E-state index contributed by atoms with van der Waals surface area (Å²) in [5, 5.41) is 18.7. The first-order valence-electron chi connectivity index (χ1n) is 5.10. The summed E-state index contributed by atoms with van der Waals surface area (Å²) in [7, 11) is 0. The van der Waals surface area contributed by atoms with Gasteiger partial charge in [-0.2, -0.15) is 0 Å². The number of halogens is 2. The molecule has 1 aliphatic rings. The number of carbonyl (C=O) groups excluding carboxylic acids is 1. The largest absolute Gasteiger partial charge is 0.388 e. The lowest BCUT2D eigenvalue weighted by molar-refractivity contribution is 0.0572. The van der Waals surface area contributed by atoms with Gasteiger partial charge in [0.15, 0.2) is 0 Å². The molecule has 0 aliphatic carbocycles. The number of likely N-dealkylation sites (tertiary alicyclic amines) is 1. The first kappa shape index (κ1) is 12.5. The number of hydrogen-bond donors (Lipinski definition) is 2. The summed E-state index contributed by atoms with van der Waals surface area (Å²) >= 11 is 3.11. The normalized spacial score (nSPS) is 24.1. The molecule has 1 amide bonds. The number of rotatable bonds is 1. The Hall–Kier alpha value is -0.980. The van der Waals surface area contributed by atoms with E-state index in [1.54, 1.807) is 6.07 Å². The molecule has 1 aromatic carbocycles. The Bertz CT molecular complexity index is 424. The van der Waals surface area contributed by atoms with Gasteiger partial charge in [0.2, 0.25) is 0 Å². The molecule has 1 saturated heterocycles. The zero-order chi connectivity index (χ0) is 12.6. The van der Waals surface area contributed by atoms with Crippen LogP contribution in [0, 0.1) is 5.82 Å². The highest BCUT2D eigenvalue weighted by Crippen LogP contribution is 2.23. The minimum Gasteiger partial charge on any atom is -0.388 e. The average Bonchev–Trinajstić information content (AvgIpc) is 2.59. The number of hydrogen-bond acceptors (Lipinski definition) is 3. The lowest BCUT2D eigenvalue weighted by atomic mass is 10.2. The van der Waals surface area contributed by atoms with E-state index in [0.29, 0.717) is 4.47 Å². The van der Waals surface area contributed by atoms with Gasteiger partial charge in [0, 0.05) is 17.6 Å². The van der Waals surface area contributed by atoms with Gasteiger partial charge < -0.3 is 15.1 Å². The van der Waals surface area contributed by atoms with E-state index in [0.717, 1.165) is 0 Å². The number of aliphatic hydroxyl groups excluding tert-OH is 2. The Morgan fingerprint density at radius 2 is 1.94 bits per heavy atom. The third-order valence-electron chi connectivity index (χ3n) is 2.72.